The third kappa shape index (κ3) is 3.53. The van der Waals surface area contributed by atoms with Gasteiger partial charge in [-0.25, -0.2) is 0 Å². The van der Waals surface area contributed by atoms with Crippen molar-refractivity contribution in [1.29, 1.82) is 5.26 Å². The lowest BCUT2D eigenvalue weighted by Gasteiger charge is -2.21. The molecule has 2 heterocycles. The van der Waals surface area contributed by atoms with Crippen molar-refractivity contribution >= 4 is 17.6 Å². The van der Waals surface area contributed by atoms with E-state index in [0.29, 0.717) is 17.2 Å². The Labute approximate surface area is 146 Å². The largest absolute Gasteiger partial charge is 0.461 e. The number of carbonyl (C=O) groups excluding carboxylic acids is 2. The van der Waals surface area contributed by atoms with Crippen LogP contribution in [-0.4, -0.2) is 31.3 Å². The monoisotopic (exact) mass is 344 g/mol. The van der Waals surface area contributed by atoms with Crippen LogP contribution in [0.4, 0.5) is 5.69 Å². The van der Waals surface area contributed by atoms with Gasteiger partial charge in [0.25, 0.3) is 0 Å². The first-order chi connectivity index (χ1) is 12.0. The Balaban J connectivity index is 1.68. The molecule has 0 aliphatic carbocycles. The van der Waals surface area contributed by atoms with Gasteiger partial charge in [-0.1, -0.05) is 13.8 Å². The second-order valence-electron chi connectivity index (χ2n) is 6.52. The molecule has 2 aliphatic heterocycles. The molecule has 2 aliphatic rings. The summed E-state index contributed by atoms with van der Waals surface area (Å²) >= 11 is 0. The van der Waals surface area contributed by atoms with Crippen LogP contribution >= 0.6 is 0 Å². The highest BCUT2D eigenvalue weighted by molar-refractivity contribution is 5.99. The topological polar surface area (TPSA) is 88.9 Å². The number of benzene rings is 1. The maximum absolute atomic E-state index is 12.4. The van der Waals surface area contributed by atoms with Crippen LogP contribution in [0.3, 0.4) is 0 Å². The number of ether oxygens (including phenoxy) is 3. The molecule has 0 bridgehead atoms. The fourth-order valence-electron chi connectivity index (χ4n) is 2.92. The lowest BCUT2D eigenvalue weighted by molar-refractivity contribution is -0.155. The van der Waals surface area contributed by atoms with Crippen LogP contribution in [0.25, 0.3) is 0 Å². The first kappa shape index (κ1) is 17.1. The molecule has 3 rings (SSSR count). The maximum Gasteiger partial charge on any atom is 0.311 e. The van der Waals surface area contributed by atoms with E-state index in [2.05, 4.69) is 0 Å². The Kier molecular flexibility index (Phi) is 4.79. The molecule has 0 spiro atoms. The summed E-state index contributed by atoms with van der Waals surface area (Å²) in [4.78, 5) is 26.3. The number of fused-ring (bicyclic) bond motifs is 1. The second-order valence-corrected chi connectivity index (χ2v) is 6.52. The fourth-order valence-corrected chi connectivity index (χ4v) is 2.92. The molecule has 0 saturated carbocycles. The predicted molar refractivity (Wildman–Crippen MR) is 88.0 cm³/mol. The average Bonchev–Trinajstić information content (AvgIpc) is 3.19. The van der Waals surface area contributed by atoms with E-state index in [1.54, 1.807) is 23.1 Å². The van der Waals surface area contributed by atoms with Gasteiger partial charge < -0.3 is 19.1 Å². The molecule has 1 amide bonds. The lowest BCUT2D eigenvalue weighted by atomic mass is 10.0. The molecule has 0 aromatic heterocycles. The normalized spacial score (nSPS) is 19.8. The molecule has 1 fully saturated rings. The highest BCUT2D eigenvalue weighted by atomic mass is 16.7. The van der Waals surface area contributed by atoms with Crippen LogP contribution in [0.5, 0.6) is 11.5 Å². The summed E-state index contributed by atoms with van der Waals surface area (Å²) in [7, 11) is 0. The fraction of sp³-hybridized carbons (Fsp3) is 0.500. The molecule has 7 heteroatoms. The molecular weight excluding hydrogens is 324 g/mol. The summed E-state index contributed by atoms with van der Waals surface area (Å²) < 4.78 is 16.1. The summed E-state index contributed by atoms with van der Waals surface area (Å²) in [6.45, 7) is 4.22. The standard InChI is InChI=1S/C18H20N2O5/c1-11(2)14(5-6-19)25-18(22)12-7-17(21)20(9-12)13-3-4-15-16(8-13)24-10-23-15/h3-4,8,11-12,14H,5,7,9-10H2,1-2H3/t12-,14-/m1/s1. The van der Waals surface area contributed by atoms with Gasteiger partial charge in [-0.05, 0) is 18.1 Å². The van der Waals surface area contributed by atoms with Crippen molar-refractivity contribution in [1.82, 2.24) is 0 Å². The molecule has 25 heavy (non-hydrogen) atoms. The number of nitriles is 1. The van der Waals surface area contributed by atoms with Crippen molar-refractivity contribution in [3.8, 4) is 17.6 Å². The minimum Gasteiger partial charge on any atom is -0.461 e. The van der Waals surface area contributed by atoms with Gasteiger partial charge in [0.15, 0.2) is 11.5 Å². The number of rotatable bonds is 5. The number of carbonyl (C=O) groups is 2. The predicted octanol–water partition coefficient (Wildman–Crippen LogP) is 2.25. The smallest absolute Gasteiger partial charge is 0.311 e. The van der Waals surface area contributed by atoms with Crippen LogP contribution in [0.1, 0.15) is 26.7 Å². The van der Waals surface area contributed by atoms with E-state index < -0.39 is 18.0 Å². The average molecular weight is 344 g/mol. The summed E-state index contributed by atoms with van der Waals surface area (Å²) in [5.41, 5.74) is 0.669. The lowest BCUT2D eigenvalue weighted by Crippen LogP contribution is -2.30. The van der Waals surface area contributed by atoms with Gasteiger partial charge in [0, 0.05) is 24.7 Å². The number of esters is 1. The van der Waals surface area contributed by atoms with Crippen LogP contribution in [-0.2, 0) is 14.3 Å². The van der Waals surface area contributed by atoms with E-state index in [1.165, 1.54) is 0 Å². The van der Waals surface area contributed by atoms with Crippen LogP contribution in [0, 0.1) is 23.2 Å². The molecule has 2 atom stereocenters. The summed E-state index contributed by atoms with van der Waals surface area (Å²) in [5, 5.41) is 8.85. The molecule has 0 radical (unpaired) electrons. The van der Waals surface area contributed by atoms with Crippen molar-refractivity contribution < 1.29 is 23.8 Å². The molecule has 1 aromatic rings. The number of nitrogens with zero attached hydrogens (tertiary/aromatic N) is 2. The Morgan fingerprint density at radius 2 is 2.16 bits per heavy atom. The molecule has 1 saturated heterocycles. The minimum absolute atomic E-state index is 0.0469. The van der Waals surface area contributed by atoms with Crippen molar-refractivity contribution in [3.05, 3.63) is 18.2 Å². The van der Waals surface area contributed by atoms with E-state index in [1.807, 2.05) is 19.9 Å². The quantitative estimate of drug-likeness (QED) is 0.761. The third-order valence-corrected chi connectivity index (χ3v) is 4.43. The highest BCUT2D eigenvalue weighted by Crippen LogP contribution is 2.37. The van der Waals surface area contributed by atoms with E-state index in [0.717, 1.165) is 0 Å². The van der Waals surface area contributed by atoms with Crippen LogP contribution in [0.2, 0.25) is 0 Å². The molecule has 1 aromatic carbocycles. The SMILES string of the molecule is CC(C)[C@@H](CC#N)OC(=O)[C@@H]1CC(=O)N(c2ccc3c(c2)OCO3)C1. The second kappa shape index (κ2) is 7.01. The van der Waals surface area contributed by atoms with Gasteiger partial charge >= 0.3 is 5.97 Å². The van der Waals surface area contributed by atoms with Gasteiger partial charge in [-0.3, -0.25) is 9.59 Å². The van der Waals surface area contributed by atoms with Crippen LogP contribution in [0.15, 0.2) is 18.2 Å². The summed E-state index contributed by atoms with van der Waals surface area (Å²) in [5.74, 6) is 0.184. The van der Waals surface area contributed by atoms with E-state index in [4.69, 9.17) is 19.5 Å². The van der Waals surface area contributed by atoms with Gasteiger partial charge in [-0.15, -0.1) is 0 Å². The molecule has 0 N–H and O–H groups in total. The Morgan fingerprint density at radius 1 is 1.40 bits per heavy atom. The Bertz CT molecular complexity index is 725. The van der Waals surface area contributed by atoms with Gasteiger partial charge in [-0.2, -0.15) is 5.26 Å². The van der Waals surface area contributed by atoms with Gasteiger partial charge in [0.05, 0.1) is 18.4 Å². The number of hydrogen-bond acceptors (Lipinski definition) is 6. The highest BCUT2D eigenvalue weighted by Gasteiger charge is 2.37. The van der Waals surface area contributed by atoms with Gasteiger partial charge in [0.1, 0.15) is 6.10 Å². The first-order valence-electron chi connectivity index (χ1n) is 8.27. The van der Waals surface area contributed by atoms with Gasteiger partial charge in [0.2, 0.25) is 12.7 Å². The molecular formula is C18H20N2O5. The van der Waals surface area contributed by atoms with E-state index in [9.17, 15) is 9.59 Å². The zero-order chi connectivity index (χ0) is 18.0. The zero-order valence-corrected chi connectivity index (χ0v) is 14.2. The van der Waals surface area contributed by atoms with Crippen molar-refractivity contribution in [2.45, 2.75) is 32.8 Å². The molecule has 7 nitrogen and oxygen atoms in total. The van der Waals surface area contributed by atoms with Crippen molar-refractivity contribution in [2.75, 3.05) is 18.2 Å². The Hall–Kier alpha value is -2.75. The maximum atomic E-state index is 12.4. The minimum atomic E-state index is -0.530. The van der Waals surface area contributed by atoms with E-state index in [-0.39, 0.29) is 38.0 Å². The third-order valence-electron chi connectivity index (χ3n) is 4.43. The number of hydrogen-bond donors (Lipinski definition) is 0. The summed E-state index contributed by atoms with van der Waals surface area (Å²) in [6, 6.07) is 7.29. The number of anilines is 1. The number of amides is 1. The molecule has 0 unspecified atom stereocenters. The van der Waals surface area contributed by atoms with Crippen LogP contribution < -0.4 is 14.4 Å². The van der Waals surface area contributed by atoms with Crippen molar-refractivity contribution in [3.63, 3.8) is 0 Å². The Morgan fingerprint density at radius 3 is 2.88 bits per heavy atom. The van der Waals surface area contributed by atoms with E-state index >= 15 is 0 Å². The first-order valence-corrected chi connectivity index (χ1v) is 8.27. The summed E-state index contributed by atoms with van der Waals surface area (Å²) in [6.07, 6.45) is -0.201. The molecule has 132 valence electrons. The van der Waals surface area contributed by atoms with Crippen molar-refractivity contribution in [2.24, 2.45) is 11.8 Å². The zero-order valence-electron chi connectivity index (χ0n) is 14.2.